The van der Waals surface area contributed by atoms with Crippen molar-refractivity contribution < 1.29 is 53.1 Å². The number of amides is 2. The van der Waals surface area contributed by atoms with Crippen LogP contribution in [0.4, 0.5) is 0 Å². The highest BCUT2D eigenvalue weighted by Crippen LogP contribution is 2.22. The molecule has 15 nitrogen and oxygen atoms in total. The summed E-state index contributed by atoms with van der Waals surface area (Å²) in [5.41, 5.74) is -5.04. The highest BCUT2D eigenvalue weighted by atomic mass is 16.6. The minimum absolute atomic E-state index is 0.0370. The van der Waals surface area contributed by atoms with E-state index in [0.717, 1.165) is 0 Å². The zero-order valence-electron chi connectivity index (χ0n) is 26.4. The fraction of sp³-hybridized carbons (Fsp3) is 0.857. The minimum Gasteiger partial charge on any atom is -0.480 e. The van der Waals surface area contributed by atoms with E-state index in [0.29, 0.717) is 26.4 Å². The molecule has 2 amide bonds. The Bertz CT molecular complexity index is 889. The van der Waals surface area contributed by atoms with E-state index in [1.807, 2.05) is 0 Å². The normalized spacial score (nSPS) is 29.9. The van der Waals surface area contributed by atoms with Crippen LogP contribution in [0.3, 0.4) is 0 Å². The Kier molecular flexibility index (Phi) is 13.7. The molecular formula is C28H50N4O11. The van der Waals surface area contributed by atoms with E-state index >= 15 is 0 Å². The summed E-state index contributed by atoms with van der Waals surface area (Å²) in [7, 11) is 0. The van der Waals surface area contributed by atoms with Crippen LogP contribution in [0.5, 0.6) is 0 Å². The predicted octanol–water partition coefficient (Wildman–Crippen LogP) is -0.823. The standard InChI is InChI=1S/C28H50N4O11/c1-25(2)17-31(15-21(33)34)19-28(6)24(38)30-26(3,4)18-32(16-22(35)36)20-27(5,23(37)29-25)42-13-11-40-9-7-39-8-10-41-12-14-43-28/h7-20H2,1-6H3,(H,29,37)(H,30,38)(H,33,34)(H,35,36). The van der Waals surface area contributed by atoms with Gasteiger partial charge in [0.05, 0.1) is 65.9 Å². The van der Waals surface area contributed by atoms with E-state index in [1.54, 1.807) is 51.3 Å². The summed E-state index contributed by atoms with van der Waals surface area (Å²) in [5.74, 6) is -3.24. The lowest BCUT2D eigenvalue weighted by Gasteiger charge is -2.43. The topological polar surface area (TPSA) is 185 Å². The van der Waals surface area contributed by atoms with Gasteiger partial charge in [-0.3, -0.25) is 29.0 Å². The molecule has 248 valence electrons. The summed E-state index contributed by atoms with van der Waals surface area (Å²) >= 11 is 0. The first-order valence-corrected chi connectivity index (χ1v) is 14.5. The van der Waals surface area contributed by atoms with Crippen LogP contribution in [0, 0.1) is 0 Å². The van der Waals surface area contributed by atoms with Crippen molar-refractivity contribution in [2.75, 3.05) is 92.1 Å². The molecule has 0 aliphatic carbocycles. The van der Waals surface area contributed by atoms with Crippen LogP contribution in [0.25, 0.3) is 0 Å². The minimum atomic E-state index is -1.53. The third-order valence-corrected chi connectivity index (χ3v) is 6.91. The van der Waals surface area contributed by atoms with E-state index < -0.39 is 59.1 Å². The second kappa shape index (κ2) is 16.1. The summed E-state index contributed by atoms with van der Waals surface area (Å²) in [6.07, 6.45) is 0. The van der Waals surface area contributed by atoms with E-state index in [2.05, 4.69) is 10.6 Å². The summed E-state index contributed by atoms with van der Waals surface area (Å²) in [5, 5.41) is 25.3. The van der Waals surface area contributed by atoms with Gasteiger partial charge in [0, 0.05) is 37.3 Å². The van der Waals surface area contributed by atoms with Crippen LogP contribution in [-0.2, 0) is 42.9 Å². The molecule has 3 saturated heterocycles. The van der Waals surface area contributed by atoms with Crippen molar-refractivity contribution in [3.63, 3.8) is 0 Å². The van der Waals surface area contributed by atoms with Gasteiger partial charge in [-0.05, 0) is 41.5 Å². The number of fused-ring (bicyclic) bond motifs is 22. The Balaban J connectivity index is 2.60. The average molecular weight is 619 g/mol. The Hall–Kier alpha value is -2.40. The molecule has 3 rings (SSSR count). The molecule has 2 bridgehead atoms. The number of carboxylic acids is 2. The first-order chi connectivity index (χ1) is 20.0. The molecule has 3 heterocycles. The SMILES string of the molecule is CC1(C)CN(CC(=O)O)CC2(C)OCCOCCOCCOCCOC(C)(CN(CC(=O)O)CC(C)(C)NC2=O)C(=O)N1. The van der Waals surface area contributed by atoms with E-state index in [4.69, 9.17) is 23.7 Å². The number of hydrogen-bond acceptors (Lipinski definition) is 11. The summed E-state index contributed by atoms with van der Waals surface area (Å²) in [6.45, 7) is 10.7. The molecule has 3 aliphatic rings. The lowest BCUT2D eigenvalue weighted by atomic mass is 9.95. The van der Waals surface area contributed by atoms with Gasteiger partial charge in [0.15, 0.2) is 11.2 Å². The number of carbonyl (C=O) groups excluding carboxylic acids is 2. The van der Waals surface area contributed by atoms with Crippen LogP contribution in [0.1, 0.15) is 41.5 Å². The van der Waals surface area contributed by atoms with Crippen LogP contribution >= 0.6 is 0 Å². The van der Waals surface area contributed by atoms with E-state index in [9.17, 15) is 29.4 Å². The van der Waals surface area contributed by atoms with Gasteiger partial charge in [-0.15, -0.1) is 0 Å². The molecule has 15 heteroatoms. The molecule has 43 heavy (non-hydrogen) atoms. The zero-order valence-corrected chi connectivity index (χ0v) is 26.4. The van der Waals surface area contributed by atoms with Crippen LogP contribution < -0.4 is 10.6 Å². The monoisotopic (exact) mass is 618 g/mol. The average Bonchev–Trinajstić information content (AvgIpc) is 2.83. The first kappa shape index (κ1) is 36.8. The summed E-state index contributed by atoms with van der Waals surface area (Å²) in [4.78, 5) is 54.5. The number of aliphatic carboxylic acids is 2. The smallest absolute Gasteiger partial charge is 0.317 e. The second-order valence-corrected chi connectivity index (χ2v) is 12.7. The van der Waals surface area contributed by atoms with Gasteiger partial charge in [0.2, 0.25) is 0 Å². The van der Waals surface area contributed by atoms with E-state index in [-0.39, 0.29) is 52.6 Å². The summed E-state index contributed by atoms with van der Waals surface area (Å²) < 4.78 is 28.8. The molecule has 0 aromatic rings. The molecule has 0 saturated carbocycles. The Labute approximate surface area is 253 Å². The number of rotatable bonds is 4. The van der Waals surface area contributed by atoms with Crippen LogP contribution in [0.2, 0.25) is 0 Å². The van der Waals surface area contributed by atoms with Crippen LogP contribution in [0.15, 0.2) is 0 Å². The lowest BCUT2D eigenvalue weighted by Crippen LogP contribution is -2.66. The van der Waals surface area contributed by atoms with Crippen molar-refractivity contribution in [1.29, 1.82) is 0 Å². The van der Waals surface area contributed by atoms with Crippen molar-refractivity contribution in [3.8, 4) is 0 Å². The first-order valence-electron chi connectivity index (χ1n) is 14.5. The summed E-state index contributed by atoms with van der Waals surface area (Å²) in [6, 6.07) is 0. The highest BCUT2D eigenvalue weighted by molar-refractivity contribution is 5.87. The molecule has 3 fully saturated rings. The number of carboxylic acid groups (broad SMARTS) is 2. The molecule has 3 aliphatic heterocycles. The Morgan fingerprint density at radius 1 is 0.605 bits per heavy atom. The fourth-order valence-electron chi connectivity index (χ4n) is 5.21. The molecule has 0 radical (unpaired) electrons. The lowest BCUT2D eigenvalue weighted by molar-refractivity contribution is -0.159. The van der Waals surface area contributed by atoms with Gasteiger partial charge < -0.3 is 44.5 Å². The van der Waals surface area contributed by atoms with Gasteiger partial charge in [-0.2, -0.15) is 0 Å². The van der Waals surface area contributed by atoms with E-state index in [1.165, 1.54) is 0 Å². The number of hydrogen-bond donors (Lipinski definition) is 4. The van der Waals surface area contributed by atoms with Crippen molar-refractivity contribution in [1.82, 2.24) is 20.4 Å². The Morgan fingerprint density at radius 3 is 1.21 bits per heavy atom. The number of ether oxygens (including phenoxy) is 5. The van der Waals surface area contributed by atoms with Crippen molar-refractivity contribution in [2.24, 2.45) is 0 Å². The maximum atomic E-state index is 13.9. The maximum absolute atomic E-state index is 13.9. The van der Waals surface area contributed by atoms with Gasteiger partial charge >= 0.3 is 11.9 Å². The molecular weight excluding hydrogens is 568 g/mol. The molecule has 2 unspecified atom stereocenters. The maximum Gasteiger partial charge on any atom is 0.317 e. The van der Waals surface area contributed by atoms with Gasteiger partial charge in [-0.25, -0.2) is 0 Å². The largest absolute Gasteiger partial charge is 0.480 e. The molecule has 0 spiro atoms. The number of nitrogens with zero attached hydrogens (tertiary/aromatic N) is 2. The van der Waals surface area contributed by atoms with Crippen LogP contribution in [-0.4, -0.2) is 158 Å². The predicted molar refractivity (Wildman–Crippen MR) is 154 cm³/mol. The number of nitrogens with one attached hydrogen (secondary N) is 2. The van der Waals surface area contributed by atoms with Crippen molar-refractivity contribution in [2.45, 2.75) is 63.8 Å². The van der Waals surface area contributed by atoms with Crippen molar-refractivity contribution >= 4 is 23.8 Å². The molecule has 0 aromatic carbocycles. The fourth-order valence-corrected chi connectivity index (χ4v) is 5.21. The highest BCUT2D eigenvalue weighted by Gasteiger charge is 2.44. The second-order valence-electron chi connectivity index (χ2n) is 12.7. The quantitative estimate of drug-likeness (QED) is 0.287. The number of carbonyl (C=O) groups is 4. The third kappa shape index (κ3) is 13.0. The Morgan fingerprint density at radius 2 is 0.907 bits per heavy atom. The van der Waals surface area contributed by atoms with Gasteiger partial charge in [-0.1, -0.05) is 0 Å². The molecule has 0 aromatic heterocycles. The van der Waals surface area contributed by atoms with Gasteiger partial charge in [0.1, 0.15) is 0 Å². The third-order valence-electron chi connectivity index (χ3n) is 6.91. The zero-order chi connectivity index (χ0) is 32.3. The van der Waals surface area contributed by atoms with Gasteiger partial charge in [0.25, 0.3) is 11.8 Å². The molecule has 2 atom stereocenters. The molecule has 4 N–H and O–H groups in total. The van der Waals surface area contributed by atoms with Crippen molar-refractivity contribution in [3.05, 3.63) is 0 Å².